The number of ether oxygens (including phenoxy) is 2. The maximum absolute atomic E-state index is 13.6. The number of aliphatic carboxylic acids is 1. The van der Waals surface area contributed by atoms with Gasteiger partial charge in [0.15, 0.2) is 5.72 Å². The maximum Gasteiger partial charge on any atom is 0.412 e. The average Bonchev–Trinajstić information content (AvgIpc) is 3.42. The largest absolute Gasteiger partial charge is 0.480 e. The smallest absolute Gasteiger partial charge is 0.412 e. The van der Waals surface area contributed by atoms with Crippen LogP contribution in [-0.4, -0.2) is 79.9 Å². The molecule has 4 rings (SSSR count). The predicted octanol–water partition coefficient (Wildman–Crippen LogP) is 2.04. The van der Waals surface area contributed by atoms with Gasteiger partial charge in [-0.3, -0.25) is 14.5 Å². The highest BCUT2D eigenvalue weighted by molar-refractivity contribution is 7.89. The van der Waals surface area contributed by atoms with Crippen LogP contribution in [0.1, 0.15) is 12.0 Å². The third kappa shape index (κ3) is 7.66. The van der Waals surface area contributed by atoms with Crippen LogP contribution in [0, 0.1) is 5.92 Å². The number of benzene rings is 2. The number of nitrogens with one attached hydrogen (secondary N) is 3. The van der Waals surface area contributed by atoms with Crippen molar-refractivity contribution in [3.8, 4) is 0 Å². The molecule has 0 saturated carbocycles. The quantitative estimate of drug-likeness (QED) is 0.224. The third-order valence-electron chi connectivity index (χ3n) is 7.06. The Morgan fingerprint density at radius 2 is 1.72 bits per heavy atom. The van der Waals surface area contributed by atoms with Gasteiger partial charge in [0.05, 0.1) is 17.4 Å². The maximum atomic E-state index is 13.6. The van der Waals surface area contributed by atoms with E-state index in [0.717, 1.165) is 5.56 Å². The minimum Gasteiger partial charge on any atom is -0.480 e. The number of aromatic nitrogens is 1. The molecular weight excluding hydrogens is 578 g/mol. The molecule has 1 saturated heterocycles. The van der Waals surface area contributed by atoms with Crippen molar-refractivity contribution in [1.82, 2.24) is 19.9 Å². The van der Waals surface area contributed by atoms with Gasteiger partial charge in [0.2, 0.25) is 15.9 Å². The number of methoxy groups -OCH3 is 1. The second-order valence-corrected chi connectivity index (χ2v) is 11.4. The molecule has 0 spiro atoms. The highest BCUT2D eigenvalue weighted by Gasteiger charge is 2.55. The summed E-state index contributed by atoms with van der Waals surface area (Å²) in [5.41, 5.74) is -0.769. The summed E-state index contributed by atoms with van der Waals surface area (Å²) in [5.74, 6) is -2.61. The van der Waals surface area contributed by atoms with Crippen LogP contribution >= 0.6 is 0 Å². The first-order chi connectivity index (χ1) is 20.7. The lowest BCUT2D eigenvalue weighted by Crippen LogP contribution is -2.60. The zero-order chi connectivity index (χ0) is 30.9. The summed E-state index contributed by atoms with van der Waals surface area (Å²) in [6.45, 7) is -0.501. The van der Waals surface area contributed by atoms with Gasteiger partial charge in [0.1, 0.15) is 18.5 Å². The van der Waals surface area contributed by atoms with Crippen LogP contribution in [0.3, 0.4) is 0 Å². The van der Waals surface area contributed by atoms with Crippen molar-refractivity contribution in [1.29, 1.82) is 0 Å². The van der Waals surface area contributed by atoms with Crippen molar-refractivity contribution >= 4 is 33.8 Å². The summed E-state index contributed by atoms with van der Waals surface area (Å²) >= 11 is 0. The van der Waals surface area contributed by atoms with E-state index < -0.39 is 52.2 Å². The van der Waals surface area contributed by atoms with Gasteiger partial charge in [-0.15, -0.1) is 0 Å². The molecule has 1 fully saturated rings. The van der Waals surface area contributed by atoms with E-state index in [1.807, 2.05) is 30.3 Å². The number of carboxylic acids is 1. The molecule has 0 bridgehead atoms. The standard InChI is InChI=1S/C29H33N5O8S/c1-41-29(20-32-25-14-8-9-16-30-25)23(15-17-34(29)28(38)42-19-21-10-4-2-5-11-21)26(35)31-18-24(27(36)37)33-43(39,40)22-12-6-3-7-13-22/h2-14,16,23-24,33H,15,17-20H2,1H3,(H,30,32)(H,31,35)(H,36,37). The van der Waals surface area contributed by atoms with Gasteiger partial charge < -0.3 is 25.2 Å². The van der Waals surface area contributed by atoms with Gasteiger partial charge >= 0.3 is 12.1 Å². The second kappa shape index (κ2) is 14.1. The number of anilines is 1. The van der Waals surface area contributed by atoms with Gasteiger partial charge in [-0.25, -0.2) is 18.2 Å². The second-order valence-electron chi connectivity index (χ2n) is 9.72. The molecule has 3 atom stereocenters. The summed E-state index contributed by atoms with van der Waals surface area (Å²) in [5, 5.41) is 15.3. The number of hydrogen-bond acceptors (Lipinski definition) is 9. The molecule has 2 heterocycles. The number of carbonyl (C=O) groups is 3. The Morgan fingerprint density at radius 1 is 1.05 bits per heavy atom. The van der Waals surface area contributed by atoms with Crippen molar-refractivity contribution in [2.24, 2.45) is 5.92 Å². The molecule has 228 valence electrons. The van der Waals surface area contributed by atoms with Crippen LogP contribution in [-0.2, 0) is 35.7 Å². The van der Waals surface area contributed by atoms with Crippen molar-refractivity contribution in [3.63, 3.8) is 0 Å². The van der Waals surface area contributed by atoms with E-state index in [1.54, 1.807) is 30.5 Å². The van der Waals surface area contributed by atoms with Crippen molar-refractivity contribution in [2.75, 3.05) is 32.1 Å². The number of hydrogen-bond donors (Lipinski definition) is 4. The highest BCUT2D eigenvalue weighted by atomic mass is 32.2. The normalized spacial score (nSPS) is 18.9. The fourth-order valence-corrected chi connectivity index (χ4v) is 6.04. The van der Waals surface area contributed by atoms with Gasteiger partial charge in [-0.2, -0.15) is 4.72 Å². The lowest BCUT2D eigenvalue weighted by molar-refractivity contribution is -0.149. The number of rotatable bonds is 13. The van der Waals surface area contributed by atoms with Gasteiger partial charge in [0, 0.05) is 26.4 Å². The van der Waals surface area contributed by atoms with E-state index >= 15 is 0 Å². The molecule has 2 aromatic carbocycles. The molecule has 3 unspecified atom stereocenters. The first kappa shape index (κ1) is 31.4. The third-order valence-corrected chi connectivity index (χ3v) is 8.54. The fraction of sp³-hybridized carbons (Fsp3) is 0.310. The van der Waals surface area contributed by atoms with Crippen molar-refractivity contribution < 1.29 is 37.4 Å². The number of carboxylic acid groups (broad SMARTS) is 1. The molecule has 2 amide bonds. The Bertz CT molecular complexity index is 1500. The summed E-state index contributed by atoms with van der Waals surface area (Å²) in [7, 11) is -2.82. The molecule has 1 aliphatic heterocycles. The minimum atomic E-state index is -4.18. The SMILES string of the molecule is COC1(CNc2ccccn2)C(C(=O)NCC(NS(=O)(=O)c2ccccc2)C(=O)O)CCN1C(=O)OCc1ccccc1. The molecular formula is C29H33N5O8S. The molecule has 43 heavy (non-hydrogen) atoms. The molecule has 0 radical (unpaired) electrons. The van der Waals surface area contributed by atoms with Gasteiger partial charge in [0.25, 0.3) is 0 Å². The Labute approximate surface area is 249 Å². The first-order valence-corrected chi connectivity index (χ1v) is 14.9. The fourth-order valence-electron chi connectivity index (χ4n) is 4.83. The number of amides is 2. The average molecular weight is 612 g/mol. The van der Waals surface area contributed by atoms with E-state index in [9.17, 15) is 27.9 Å². The van der Waals surface area contributed by atoms with E-state index in [-0.39, 0.29) is 31.0 Å². The molecule has 1 aliphatic rings. The summed E-state index contributed by atoms with van der Waals surface area (Å²) in [6, 6.07) is 19.9. The first-order valence-electron chi connectivity index (χ1n) is 13.4. The Balaban J connectivity index is 1.51. The zero-order valence-corrected chi connectivity index (χ0v) is 24.2. The van der Waals surface area contributed by atoms with Crippen LogP contribution in [0.25, 0.3) is 0 Å². The molecule has 4 N–H and O–H groups in total. The Morgan fingerprint density at radius 3 is 2.35 bits per heavy atom. The number of pyridine rings is 1. The van der Waals surface area contributed by atoms with Crippen LogP contribution < -0.4 is 15.4 Å². The van der Waals surface area contributed by atoms with E-state index in [4.69, 9.17) is 9.47 Å². The van der Waals surface area contributed by atoms with E-state index in [0.29, 0.717) is 5.82 Å². The van der Waals surface area contributed by atoms with Gasteiger partial charge in [-0.05, 0) is 36.2 Å². The number of likely N-dealkylation sites (tertiary alicyclic amines) is 1. The van der Waals surface area contributed by atoms with Crippen molar-refractivity contribution in [2.45, 2.75) is 29.7 Å². The summed E-state index contributed by atoms with van der Waals surface area (Å²) in [4.78, 5) is 44.2. The minimum absolute atomic E-state index is 0.00233. The monoisotopic (exact) mass is 611 g/mol. The topological polar surface area (TPSA) is 176 Å². The van der Waals surface area contributed by atoms with E-state index in [1.165, 1.54) is 36.3 Å². The number of nitrogens with zero attached hydrogens (tertiary/aromatic N) is 2. The number of sulfonamides is 1. The molecule has 1 aromatic heterocycles. The molecule has 3 aromatic rings. The van der Waals surface area contributed by atoms with Crippen LogP contribution in [0.5, 0.6) is 0 Å². The van der Waals surface area contributed by atoms with E-state index in [2.05, 4.69) is 20.3 Å². The predicted molar refractivity (Wildman–Crippen MR) is 155 cm³/mol. The van der Waals surface area contributed by atoms with Crippen LogP contribution in [0.15, 0.2) is 90.0 Å². The zero-order valence-electron chi connectivity index (χ0n) is 23.4. The summed E-state index contributed by atoms with van der Waals surface area (Å²) < 4.78 is 39.0. The highest BCUT2D eigenvalue weighted by Crippen LogP contribution is 2.37. The van der Waals surface area contributed by atoms with Crippen LogP contribution in [0.2, 0.25) is 0 Å². The Kier molecular flexibility index (Phi) is 10.3. The van der Waals surface area contributed by atoms with Gasteiger partial charge in [-0.1, -0.05) is 54.6 Å². The summed E-state index contributed by atoms with van der Waals surface area (Å²) in [6.07, 6.45) is 1.04. The number of carbonyl (C=O) groups excluding carboxylic acids is 2. The Hall–Kier alpha value is -4.53. The van der Waals surface area contributed by atoms with Crippen molar-refractivity contribution in [3.05, 3.63) is 90.6 Å². The lowest BCUT2D eigenvalue weighted by atomic mass is 9.94. The molecule has 0 aliphatic carbocycles. The lowest BCUT2D eigenvalue weighted by Gasteiger charge is -2.40. The molecule has 13 nitrogen and oxygen atoms in total. The molecule has 14 heteroatoms. The van der Waals surface area contributed by atoms with Crippen LogP contribution in [0.4, 0.5) is 10.6 Å².